The van der Waals surface area contributed by atoms with Crippen LogP contribution in [0.5, 0.6) is 0 Å². The number of halogens is 4. The van der Waals surface area contributed by atoms with E-state index in [0.717, 1.165) is 22.9 Å². The van der Waals surface area contributed by atoms with E-state index in [4.69, 9.17) is 0 Å². The Morgan fingerprint density at radius 3 is 2.69 bits per heavy atom. The number of carbonyl (C=O) groups excluding carboxylic acids is 1. The van der Waals surface area contributed by atoms with E-state index >= 15 is 0 Å². The molecule has 2 aromatic heterocycles. The maximum Gasteiger partial charge on any atom is 0.416 e. The fourth-order valence-corrected chi connectivity index (χ4v) is 2.22. The van der Waals surface area contributed by atoms with Crippen molar-refractivity contribution >= 4 is 17.9 Å². The largest absolute Gasteiger partial charge is 0.416 e. The van der Waals surface area contributed by atoms with Crippen LogP contribution in [0.1, 0.15) is 11.1 Å². The predicted octanol–water partition coefficient (Wildman–Crippen LogP) is 2.84. The Morgan fingerprint density at radius 2 is 2.00 bits per heavy atom. The van der Waals surface area contributed by atoms with Crippen LogP contribution in [0.25, 0.3) is 17.6 Å². The van der Waals surface area contributed by atoms with Gasteiger partial charge in [0, 0.05) is 30.2 Å². The Balaban J connectivity index is 1.70. The Bertz CT molecular complexity index is 1020. The Morgan fingerprint density at radius 1 is 1.17 bits per heavy atom. The molecule has 150 valence electrons. The molecule has 8 nitrogen and oxygen atoms in total. The predicted molar refractivity (Wildman–Crippen MR) is 94.4 cm³/mol. The average Bonchev–Trinajstić information content (AvgIpc) is 3.19. The molecule has 2 heterocycles. The minimum absolute atomic E-state index is 0.00777. The summed E-state index contributed by atoms with van der Waals surface area (Å²) in [4.78, 5) is 23.4. The number of carbonyl (C=O) groups is 1. The number of hydrogen-bond donors (Lipinski definition) is 2. The molecule has 0 radical (unpaired) electrons. The van der Waals surface area contributed by atoms with Crippen molar-refractivity contribution in [1.82, 2.24) is 30.2 Å². The van der Waals surface area contributed by atoms with E-state index in [-0.39, 0.29) is 17.0 Å². The molecule has 0 spiro atoms. The second-order valence-electron chi connectivity index (χ2n) is 5.62. The first-order valence-corrected chi connectivity index (χ1v) is 8.04. The van der Waals surface area contributed by atoms with Gasteiger partial charge in [-0.15, -0.1) is 5.10 Å². The van der Waals surface area contributed by atoms with Crippen LogP contribution >= 0.6 is 0 Å². The van der Waals surface area contributed by atoms with Crippen molar-refractivity contribution in [3.05, 3.63) is 60.3 Å². The molecule has 0 aliphatic heterocycles. The van der Waals surface area contributed by atoms with Gasteiger partial charge in [0.2, 0.25) is 0 Å². The van der Waals surface area contributed by atoms with Crippen LogP contribution in [-0.2, 0) is 17.6 Å². The van der Waals surface area contributed by atoms with Gasteiger partial charge in [-0.3, -0.25) is 20.6 Å². The van der Waals surface area contributed by atoms with Gasteiger partial charge in [0.15, 0.2) is 11.6 Å². The molecular formula is C17H13F4N7O. The van der Waals surface area contributed by atoms with Gasteiger partial charge in [-0.1, -0.05) is 0 Å². The Hall–Kier alpha value is -3.83. The molecule has 0 aliphatic rings. The summed E-state index contributed by atoms with van der Waals surface area (Å²) in [6, 6.07) is 2.80. The van der Waals surface area contributed by atoms with E-state index in [2.05, 4.69) is 30.9 Å². The van der Waals surface area contributed by atoms with Gasteiger partial charge in [-0.2, -0.15) is 13.2 Å². The highest BCUT2D eigenvalue weighted by Crippen LogP contribution is 2.32. The minimum atomic E-state index is -4.63. The quantitative estimate of drug-likeness (QED) is 0.371. The molecule has 2 N–H and O–H groups in total. The first-order valence-electron chi connectivity index (χ1n) is 8.04. The van der Waals surface area contributed by atoms with Gasteiger partial charge in [0.05, 0.1) is 11.8 Å². The molecule has 1 amide bonds. The molecule has 0 saturated carbocycles. The van der Waals surface area contributed by atoms with E-state index in [0.29, 0.717) is 5.82 Å². The molecule has 0 atom stereocenters. The molecule has 3 rings (SSSR count). The first-order chi connectivity index (χ1) is 13.8. The molecule has 29 heavy (non-hydrogen) atoms. The second kappa shape index (κ2) is 8.46. The maximum atomic E-state index is 13.0. The SMILES string of the molecule is O=C(/C=C\n1cnc(-c2cc(CF)cc(C(F)(F)F)c2)n1)NNc1cnccn1. The third-order valence-electron chi connectivity index (χ3n) is 3.50. The van der Waals surface area contributed by atoms with Crippen molar-refractivity contribution in [2.24, 2.45) is 0 Å². The Labute approximate surface area is 161 Å². The van der Waals surface area contributed by atoms with Crippen LogP contribution in [0.15, 0.2) is 49.2 Å². The summed E-state index contributed by atoms with van der Waals surface area (Å²) in [5.41, 5.74) is 3.74. The van der Waals surface area contributed by atoms with Crippen molar-refractivity contribution in [1.29, 1.82) is 0 Å². The summed E-state index contributed by atoms with van der Waals surface area (Å²) in [7, 11) is 0. The van der Waals surface area contributed by atoms with Gasteiger partial charge in [-0.25, -0.2) is 19.0 Å². The number of nitrogens with one attached hydrogen (secondary N) is 2. The topological polar surface area (TPSA) is 97.6 Å². The number of aromatic nitrogens is 5. The number of nitrogens with zero attached hydrogens (tertiary/aromatic N) is 5. The molecule has 12 heteroatoms. The van der Waals surface area contributed by atoms with Gasteiger partial charge < -0.3 is 0 Å². The lowest BCUT2D eigenvalue weighted by Crippen LogP contribution is -2.28. The third-order valence-corrected chi connectivity index (χ3v) is 3.50. The maximum absolute atomic E-state index is 13.0. The van der Waals surface area contributed by atoms with E-state index in [1.165, 1.54) is 37.2 Å². The molecule has 1 aromatic carbocycles. The Kier molecular flexibility index (Phi) is 5.81. The van der Waals surface area contributed by atoms with Crippen LogP contribution in [-0.4, -0.2) is 30.6 Å². The third kappa shape index (κ3) is 5.34. The molecule has 0 unspecified atom stereocenters. The second-order valence-corrected chi connectivity index (χ2v) is 5.62. The monoisotopic (exact) mass is 407 g/mol. The number of hydrazine groups is 1. The highest BCUT2D eigenvalue weighted by Gasteiger charge is 2.31. The fourth-order valence-electron chi connectivity index (χ4n) is 2.22. The highest BCUT2D eigenvalue weighted by molar-refractivity contribution is 5.90. The summed E-state index contributed by atoms with van der Waals surface area (Å²) in [6.45, 7) is -1.06. The van der Waals surface area contributed by atoms with Crippen LogP contribution in [0.3, 0.4) is 0 Å². The molecule has 3 aromatic rings. The molecule has 0 saturated heterocycles. The summed E-state index contributed by atoms with van der Waals surface area (Å²) >= 11 is 0. The molecule has 0 aliphatic carbocycles. The van der Waals surface area contributed by atoms with Gasteiger partial charge in [0.25, 0.3) is 5.91 Å². The summed E-state index contributed by atoms with van der Waals surface area (Å²) in [5, 5.41) is 3.98. The first kappa shape index (κ1) is 19.9. The molecule has 0 fully saturated rings. The summed E-state index contributed by atoms with van der Waals surface area (Å²) in [5.74, 6) is -0.273. The van der Waals surface area contributed by atoms with Gasteiger partial charge in [0.1, 0.15) is 13.0 Å². The van der Waals surface area contributed by atoms with E-state index in [1.807, 2.05) is 0 Å². The van der Waals surface area contributed by atoms with Crippen molar-refractivity contribution in [2.75, 3.05) is 5.43 Å². The van der Waals surface area contributed by atoms with Gasteiger partial charge >= 0.3 is 6.18 Å². The smallest absolute Gasteiger partial charge is 0.280 e. The van der Waals surface area contributed by atoms with Crippen LogP contribution < -0.4 is 10.9 Å². The van der Waals surface area contributed by atoms with Crippen molar-refractivity contribution < 1.29 is 22.4 Å². The van der Waals surface area contributed by atoms with Crippen LogP contribution in [0, 0.1) is 0 Å². The zero-order valence-electron chi connectivity index (χ0n) is 14.6. The van der Waals surface area contributed by atoms with E-state index < -0.39 is 24.3 Å². The summed E-state index contributed by atoms with van der Waals surface area (Å²) in [6.07, 6.45) is 3.23. The van der Waals surface area contributed by atoms with E-state index in [9.17, 15) is 22.4 Å². The van der Waals surface area contributed by atoms with Crippen LogP contribution in [0.2, 0.25) is 0 Å². The lowest BCUT2D eigenvalue weighted by Gasteiger charge is -2.09. The average molecular weight is 407 g/mol. The standard InChI is InChI=1S/C17H13F4N7O/c18-8-11-5-12(7-13(6-11)17(19,20)21)16-24-10-28(27-16)4-1-15(29)26-25-14-9-22-2-3-23-14/h1-7,9-10H,8H2,(H,23,25)(H,26,29)/b4-1-. The molecule has 0 bridgehead atoms. The van der Waals surface area contributed by atoms with Crippen molar-refractivity contribution in [3.8, 4) is 11.4 Å². The minimum Gasteiger partial charge on any atom is -0.280 e. The zero-order chi connectivity index (χ0) is 20.9. The fraction of sp³-hybridized carbons (Fsp3) is 0.118. The summed E-state index contributed by atoms with van der Waals surface area (Å²) < 4.78 is 53.0. The number of hydrogen-bond acceptors (Lipinski definition) is 6. The normalized spacial score (nSPS) is 11.6. The van der Waals surface area contributed by atoms with Crippen LogP contribution in [0.4, 0.5) is 23.4 Å². The number of amides is 1. The van der Waals surface area contributed by atoms with E-state index in [1.54, 1.807) is 0 Å². The number of benzene rings is 1. The number of alkyl halides is 4. The number of rotatable bonds is 6. The zero-order valence-corrected chi connectivity index (χ0v) is 14.6. The highest BCUT2D eigenvalue weighted by atomic mass is 19.4. The molecular weight excluding hydrogens is 394 g/mol. The number of anilines is 1. The van der Waals surface area contributed by atoms with Crippen molar-refractivity contribution in [3.63, 3.8) is 0 Å². The van der Waals surface area contributed by atoms with Gasteiger partial charge in [-0.05, 0) is 23.8 Å². The lowest BCUT2D eigenvalue weighted by atomic mass is 10.1. The lowest BCUT2D eigenvalue weighted by molar-refractivity contribution is -0.137. The van der Waals surface area contributed by atoms with Crippen molar-refractivity contribution in [2.45, 2.75) is 12.9 Å².